The minimum atomic E-state index is -0.759. The highest BCUT2D eigenvalue weighted by molar-refractivity contribution is 7.07. The number of halogens is 1. The van der Waals surface area contributed by atoms with Crippen molar-refractivity contribution in [2.75, 3.05) is 6.61 Å². The van der Waals surface area contributed by atoms with E-state index in [1.54, 1.807) is 26.0 Å². The van der Waals surface area contributed by atoms with Crippen molar-refractivity contribution in [1.82, 2.24) is 4.57 Å². The molecule has 0 N–H and O–H groups in total. The van der Waals surface area contributed by atoms with E-state index in [0.29, 0.717) is 43.5 Å². The molecule has 0 spiro atoms. The van der Waals surface area contributed by atoms with Crippen molar-refractivity contribution in [1.29, 1.82) is 0 Å². The average molecular weight is 545 g/mol. The molecule has 0 amide bonds. The maximum Gasteiger partial charge on any atom is 0.338 e. The summed E-state index contributed by atoms with van der Waals surface area (Å²) in [6.45, 7) is 4.10. The number of carbonyl (C=O) groups is 1. The Bertz CT molecular complexity index is 1710. The number of esters is 1. The van der Waals surface area contributed by atoms with Crippen LogP contribution in [0.25, 0.3) is 6.08 Å². The summed E-state index contributed by atoms with van der Waals surface area (Å²) >= 11 is 7.83. The lowest BCUT2D eigenvalue weighted by atomic mass is 9.96. The zero-order valence-electron chi connectivity index (χ0n) is 20.9. The van der Waals surface area contributed by atoms with Gasteiger partial charge in [-0.15, -0.1) is 0 Å². The Labute approximate surface area is 228 Å². The van der Waals surface area contributed by atoms with Gasteiger partial charge in [0.2, 0.25) is 0 Å². The van der Waals surface area contributed by atoms with Crippen molar-refractivity contribution in [2.45, 2.75) is 26.5 Å². The second-order valence-electron chi connectivity index (χ2n) is 8.64. The molecule has 38 heavy (non-hydrogen) atoms. The fourth-order valence-corrected chi connectivity index (χ4v) is 5.67. The van der Waals surface area contributed by atoms with Gasteiger partial charge in [-0.25, -0.2) is 9.79 Å². The lowest BCUT2D eigenvalue weighted by Crippen LogP contribution is -2.40. The van der Waals surface area contributed by atoms with Gasteiger partial charge in [-0.3, -0.25) is 9.36 Å². The lowest BCUT2D eigenvalue weighted by molar-refractivity contribution is -0.139. The van der Waals surface area contributed by atoms with Gasteiger partial charge in [0.1, 0.15) is 18.4 Å². The Morgan fingerprint density at radius 1 is 1.05 bits per heavy atom. The van der Waals surface area contributed by atoms with Gasteiger partial charge >= 0.3 is 5.97 Å². The van der Waals surface area contributed by atoms with Crippen LogP contribution >= 0.6 is 22.9 Å². The number of rotatable bonds is 7. The second-order valence-corrected chi connectivity index (χ2v) is 10.1. The molecule has 4 aromatic rings. The van der Waals surface area contributed by atoms with Crippen molar-refractivity contribution < 1.29 is 14.3 Å². The first-order valence-corrected chi connectivity index (χ1v) is 13.4. The number of carbonyl (C=O) groups excluding carboxylic acids is 1. The minimum Gasteiger partial charge on any atom is -0.488 e. The first-order chi connectivity index (χ1) is 18.5. The third-order valence-corrected chi connectivity index (χ3v) is 7.49. The summed E-state index contributed by atoms with van der Waals surface area (Å²) in [6.07, 6.45) is 1.80. The molecule has 1 aliphatic rings. The van der Waals surface area contributed by atoms with E-state index in [2.05, 4.69) is 4.99 Å². The Morgan fingerprint density at radius 2 is 1.76 bits per heavy atom. The van der Waals surface area contributed by atoms with Gasteiger partial charge in [-0.2, -0.15) is 0 Å². The highest BCUT2D eigenvalue weighted by Gasteiger charge is 2.34. The zero-order chi connectivity index (χ0) is 26.6. The molecular formula is C30H25ClN2O4S. The van der Waals surface area contributed by atoms with E-state index < -0.39 is 12.0 Å². The van der Waals surface area contributed by atoms with Crippen LogP contribution in [0, 0.1) is 0 Å². The molecular weight excluding hydrogens is 520 g/mol. The van der Waals surface area contributed by atoms with Crippen LogP contribution in [0.5, 0.6) is 5.75 Å². The summed E-state index contributed by atoms with van der Waals surface area (Å²) in [5.74, 6) is 0.140. The Balaban J connectivity index is 1.62. The van der Waals surface area contributed by atoms with Crippen LogP contribution in [-0.2, 0) is 16.1 Å². The van der Waals surface area contributed by atoms with Crippen LogP contribution < -0.4 is 19.6 Å². The van der Waals surface area contributed by atoms with Crippen molar-refractivity contribution in [2.24, 2.45) is 4.99 Å². The third kappa shape index (κ3) is 5.08. The molecule has 0 saturated carbocycles. The first-order valence-electron chi connectivity index (χ1n) is 12.2. The molecule has 1 atom stereocenters. The predicted octanol–water partition coefficient (Wildman–Crippen LogP) is 5.03. The van der Waals surface area contributed by atoms with Gasteiger partial charge in [0.15, 0.2) is 4.80 Å². The van der Waals surface area contributed by atoms with Gasteiger partial charge in [0.25, 0.3) is 5.56 Å². The molecule has 0 unspecified atom stereocenters. The molecule has 6 nitrogen and oxygen atoms in total. The number of hydrogen-bond acceptors (Lipinski definition) is 6. The lowest BCUT2D eigenvalue weighted by Gasteiger charge is -2.25. The maximum absolute atomic E-state index is 13.9. The molecule has 2 heterocycles. The molecule has 192 valence electrons. The van der Waals surface area contributed by atoms with E-state index in [0.717, 1.165) is 11.1 Å². The van der Waals surface area contributed by atoms with E-state index in [4.69, 9.17) is 21.1 Å². The average Bonchev–Trinajstić information content (AvgIpc) is 3.22. The summed E-state index contributed by atoms with van der Waals surface area (Å²) in [7, 11) is 0. The molecule has 0 fully saturated rings. The van der Waals surface area contributed by atoms with Gasteiger partial charge < -0.3 is 9.47 Å². The maximum atomic E-state index is 13.9. The fourth-order valence-electron chi connectivity index (χ4n) is 4.39. The topological polar surface area (TPSA) is 69.9 Å². The monoisotopic (exact) mass is 544 g/mol. The van der Waals surface area contributed by atoms with Gasteiger partial charge in [-0.05, 0) is 43.2 Å². The second kappa shape index (κ2) is 11.2. The standard InChI is InChI=1S/C30H25ClN2O4S/c1-3-36-29(35)26-19(2)32-30-33(27(26)22-14-8-9-15-23(22)31)28(34)25(38-30)17-21-13-7-10-16-24(21)37-18-20-11-5-4-6-12-20/h4-17,27H,3,18H2,1-2H3/b25-17-/t27-/m0/s1. The normalized spacial score (nSPS) is 15.1. The molecule has 0 saturated heterocycles. The van der Waals surface area contributed by atoms with Crippen molar-refractivity contribution >= 4 is 35.0 Å². The van der Waals surface area contributed by atoms with E-state index in [-0.39, 0.29) is 12.2 Å². The summed E-state index contributed by atoms with van der Waals surface area (Å²) in [5, 5.41) is 0.447. The Kier molecular flexibility index (Phi) is 7.58. The summed E-state index contributed by atoms with van der Waals surface area (Å²) < 4.78 is 13.4. The quantitative estimate of drug-likeness (QED) is 0.306. The van der Waals surface area contributed by atoms with Crippen LogP contribution in [0.4, 0.5) is 0 Å². The van der Waals surface area contributed by atoms with Crippen molar-refractivity contribution in [3.05, 3.63) is 132 Å². The summed E-state index contributed by atoms with van der Waals surface area (Å²) in [6, 6.07) is 23.9. The van der Waals surface area contributed by atoms with Crippen LogP contribution in [0.1, 0.15) is 36.6 Å². The molecule has 1 aliphatic heterocycles. The molecule has 3 aromatic carbocycles. The molecule has 1 aromatic heterocycles. The van der Waals surface area contributed by atoms with Crippen LogP contribution in [0.3, 0.4) is 0 Å². The summed E-state index contributed by atoms with van der Waals surface area (Å²) in [4.78, 5) is 32.0. The molecule has 0 aliphatic carbocycles. The van der Waals surface area contributed by atoms with Crippen LogP contribution in [0.2, 0.25) is 5.02 Å². The van der Waals surface area contributed by atoms with Gasteiger partial charge in [-0.1, -0.05) is 89.7 Å². The molecule has 0 bridgehead atoms. The first kappa shape index (κ1) is 25.7. The number of hydrogen-bond donors (Lipinski definition) is 0. The number of para-hydroxylation sites is 1. The van der Waals surface area contributed by atoms with E-state index in [1.807, 2.05) is 72.8 Å². The number of ether oxygens (including phenoxy) is 2. The molecule has 5 rings (SSSR count). The van der Waals surface area contributed by atoms with E-state index >= 15 is 0 Å². The summed E-state index contributed by atoms with van der Waals surface area (Å²) in [5.41, 5.74) is 2.96. The Morgan fingerprint density at radius 3 is 2.53 bits per heavy atom. The zero-order valence-corrected chi connectivity index (χ0v) is 22.5. The third-order valence-electron chi connectivity index (χ3n) is 6.16. The Hall–Kier alpha value is -3.94. The van der Waals surface area contributed by atoms with Crippen LogP contribution in [0.15, 0.2) is 99.9 Å². The predicted molar refractivity (Wildman–Crippen MR) is 149 cm³/mol. The number of thiazole rings is 1. The smallest absolute Gasteiger partial charge is 0.338 e. The molecule has 8 heteroatoms. The highest BCUT2D eigenvalue weighted by Crippen LogP contribution is 2.34. The van der Waals surface area contributed by atoms with E-state index in [1.165, 1.54) is 15.9 Å². The van der Waals surface area contributed by atoms with Crippen LogP contribution in [-0.4, -0.2) is 17.1 Å². The number of benzene rings is 3. The molecule has 0 radical (unpaired) electrons. The number of nitrogens with zero attached hydrogens (tertiary/aromatic N) is 2. The van der Waals surface area contributed by atoms with Gasteiger partial charge in [0, 0.05) is 10.6 Å². The highest BCUT2D eigenvalue weighted by atomic mass is 35.5. The van der Waals surface area contributed by atoms with Gasteiger partial charge in [0.05, 0.1) is 22.4 Å². The van der Waals surface area contributed by atoms with Crippen molar-refractivity contribution in [3.63, 3.8) is 0 Å². The number of allylic oxidation sites excluding steroid dienone is 1. The minimum absolute atomic E-state index is 0.203. The SMILES string of the molecule is CCOC(=O)C1=C(C)N=c2s/c(=C\c3ccccc3OCc3ccccc3)c(=O)n2[C@H]1c1ccccc1Cl. The van der Waals surface area contributed by atoms with E-state index in [9.17, 15) is 9.59 Å². The van der Waals surface area contributed by atoms with Crippen molar-refractivity contribution in [3.8, 4) is 5.75 Å². The largest absolute Gasteiger partial charge is 0.488 e. The fraction of sp³-hybridized carbons (Fsp3) is 0.167. The number of fused-ring (bicyclic) bond motifs is 1. The number of aromatic nitrogens is 1.